The van der Waals surface area contributed by atoms with Crippen LogP contribution in [-0.4, -0.2) is 40.4 Å². The number of sulfonamides is 2. The first-order valence-corrected chi connectivity index (χ1v) is 11.6. The van der Waals surface area contributed by atoms with Gasteiger partial charge < -0.3 is 0 Å². The van der Waals surface area contributed by atoms with E-state index >= 15 is 0 Å². The molecule has 2 N–H and O–H groups in total. The fraction of sp³-hybridized carbons (Fsp3) is 0.647. The Hall–Kier alpha value is -0.960. The molecule has 0 amide bonds. The number of hydrogen-bond acceptors (Lipinski definition) is 4. The summed E-state index contributed by atoms with van der Waals surface area (Å²) < 4.78 is 52.4. The first kappa shape index (κ1) is 22.1. The van der Waals surface area contributed by atoms with E-state index in [0.29, 0.717) is 19.5 Å². The van der Waals surface area contributed by atoms with Crippen molar-refractivity contribution in [2.75, 3.05) is 13.1 Å². The summed E-state index contributed by atoms with van der Waals surface area (Å²) in [5.74, 6) is 0.0285. The van der Waals surface area contributed by atoms with E-state index in [9.17, 15) is 16.8 Å². The van der Waals surface area contributed by atoms with E-state index in [1.807, 2.05) is 31.2 Å². The van der Waals surface area contributed by atoms with E-state index < -0.39 is 30.5 Å². The number of hydrogen-bond donors (Lipinski definition) is 2. The largest absolute Gasteiger partial charge is 0.215 e. The van der Waals surface area contributed by atoms with Crippen LogP contribution >= 0.6 is 0 Å². The minimum Gasteiger partial charge on any atom is -0.215 e. The second-order valence-electron chi connectivity index (χ2n) is 6.83. The predicted molar refractivity (Wildman–Crippen MR) is 103 cm³/mol. The Morgan fingerprint density at radius 2 is 1.44 bits per heavy atom. The molecule has 8 heteroatoms. The lowest BCUT2D eigenvalue weighted by Crippen LogP contribution is -2.33. The molecule has 0 aliphatic carbocycles. The summed E-state index contributed by atoms with van der Waals surface area (Å²) >= 11 is 0. The Kier molecular flexibility index (Phi) is 8.05. The highest BCUT2D eigenvalue weighted by atomic mass is 32.2. The minimum absolute atomic E-state index is 0.0285. The molecule has 0 saturated carbocycles. The Morgan fingerprint density at radius 3 is 2.00 bits per heavy atom. The third-order valence-electron chi connectivity index (χ3n) is 4.07. The SMILES string of the molecule is CC(CNS(=O)(=O)C(C)C)c1cccc(CCNS(=O)(=O)C(C)C)c1. The first-order valence-electron chi connectivity index (χ1n) is 8.51. The van der Waals surface area contributed by atoms with Crippen molar-refractivity contribution in [3.05, 3.63) is 35.4 Å². The van der Waals surface area contributed by atoms with Gasteiger partial charge in [-0.15, -0.1) is 0 Å². The summed E-state index contributed by atoms with van der Waals surface area (Å²) in [5, 5.41) is -0.909. The maximum absolute atomic E-state index is 11.8. The topological polar surface area (TPSA) is 92.3 Å². The molecule has 0 heterocycles. The summed E-state index contributed by atoms with van der Waals surface area (Å²) in [4.78, 5) is 0. The molecule has 6 nitrogen and oxygen atoms in total. The second-order valence-corrected chi connectivity index (χ2v) is 11.5. The van der Waals surface area contributed by atoms with Crippen molar-refractivity contribution in [2.24, 2.45) is 0 Å². The summed E-state index contributed by atoms with van der Waals surface area (Å²) in [7, 11) is -6.53. The highest BCUT2D eigenvalue weighted by Gasteiger charge is 2.17. The number of benzene rings is 1. The van der Waals surface area contributed by atoms with Gasteiger partial charge in [-0.05, 0) is 51.2 Å². The molecule has 0 fully saturated rings. The molecule has 0 radical (unpaired) electrons. The molecule has 1 rings (SSSR count). The van der Waals surface area contributed by atoms with E-state index in [-0.39, 0.29) is 5.92 Å². The van der Waals surface area contributed by atoms with Crippen molar-refractivity contribution >= 4 is 20.0 Å². The molecule has 25 heavy (non-hydrogen) atoms. The molecule has 1 aromatic carbocycles. The molecule has 0 aliphatic rings. The van der Waals surface area contributed by atoms with E-state index in [2.05, 4.69) is 9.44 Å². The van der Waals surface area contributed by atoms with Crippen molar-refractivity contribution < 1.29 is 16.8 Å². The van der Waals surface area contributed by atoms with E-state index in [1.54, 1.807) is 27.7 Å². The highest BCUT2D eigenvalue weighted by Crippen LogP contribution is 2.17. The maximum Gasteiger partial charge on any atom is 0.213 e. The summed E-state index contributed by atoms with van der Waals surface area (Å²) in [6.07, 6.45) is 0.588. The number of nitrogens with one attached hydrogen (secondary N) is 2. The van der Waals surface area contributed by atoms with Crippen molar-refractivity contribution in [1.82, 2.24) is 9.44 Å². The van der Waals surface area contributed by atoms with Gasteiger partial charge in [-0.1, -0.05) is 31.2 Å². The predicted octanol–water partition coefficient (Wildman–Crippen LogP) is 1.99. The first-order chi connectivity index (χ1) is 11.5. The molecule has 1 unspecified atom stereocenters. The molecule has 0 aromatic heterocycles. The van der Waals surface area contributed by atoms with E-state index in [1.165, 1.54) is 0 Å². The Balaban J connectivity index is 2.65. The summed E-state index contributed by atoms with van der Waals surface area (Å²) in [5.41, 5.74) is 2.04. The third-order valence-corrected chi connectivity index (χ3v) is 7.73. The van der Waals surface area contributed by atoms with Crippen LogP contribution in [0.1, 0.15) is 51.7 Å². The van der Waals surface area contributed by atoms with E-state index in [0.717, 1.165) is 11.1 Å². The van der Waals surface area contributed by atoms with Gasteiger partial charge in [0.05, 0.1) is 10.5 Å². The lowest BCUT2D eigenvalue weighted by Gasteiger charge is -2.16. The van der Waals surface area contributed by atoms with Crippen LogP contribution in [-0.2, 0) is 26.5 Å². The van der Waals surface area contributed by atoms with Gasteiger partial charge >= 0.3 is 0 Å². The van der Waals surface area contributed by atoms with Crippen molar-refractivity contribution in [2.45, 2.75) is 57.5 Å². The van der Waals surface area contributed by atoms with Crippen LogP contribution in [0.4, 0.5) is 0 Å². The zero-order valence-electron chi connectivity index (χ0n) is 15.6. The lowest BCUT2D eigenvalue weighted by atomic mass is 9.98. The van der Waals surface area contributed by atoms with Crippen LogP contribution < -0.4 is 9.44 Å². The zero-order valence-corrected chi connectivity index (χ0v) is 17.2. The molecular weight excluding hydrogens is 360 g/mol. The van der Waals surface area contributed by atoms with Gasteiger partial charge in [0, 0.05) is 13.1 Å². The molecule has 1 atom stereocenters. The van der Waals surface area contributed by atoms with Gasteiger partial charge in [0.15, 0.2) is 0 Å². The summed E-state index contributed by atoms with van der Waals surface area (Å²) in [6.45, 7) is 9.22. The van der Waals surface area contributed by atoms with Crippen LogP contribution in [0.5, 0.6) is 0 Å². The quantitative estimate of drug-likeness (QED) is 0.639. The Bertz CT molecular complexity index is 757. The van der Waals surface area contributed by atoms with Crippen LogP contribution in [0, 0.1) is 0 Å². The number of rotatable bonds is 10. The second kappa shape index (κ2) is 9.12. The van der Waals surface area contributed by atoms with Crippen molar-refractivity contribution in [3.63, 3.8) is 0 Å². The molecule has 0 aliphatic heterocycles. The van der Waals surface area contributed by atoms with Gasteiger partial charge in [-0.25, -0.2) is 26.3 Å². The van der Waals surface area contributed by atoms with Gasteiger partial charge in [0.1, 0.15) is 0 Å². The van der Waals surface area contributed by atoms with Crippen LogP contribution in [0.25, 0.3) is 0 Å². The fourth-order valence-corrected chi connectivity index (χ4v) is 3.62. The third kappa shape index (κ3) is 7.05. The minimum atomic E-state index is -3.28. The van der Waals surface area contributed by atoms with Crippen molar-refractivity contribution in [3.8, 4) is 0 Å². The molecule has 0 bridgehead atoms. The highest BCUT2D eigenvalue weighted by molar-refractivity contribution is 7.90. The van der Waals surface area contributed by atoms with Crippen LogP contribution in [0.3, 0.4) is 0 Å². The van der Waals surface area contributed by atoms with Crippen LogP contribution in [0.2, 0.25) is 0 Å². The molecule has 0 spiro atoms. The van der Waals surface area contributed by atoms with Crippen LogP contribution in [0.15, 0.2) is 24.3 Å². The van der Waals surface area contributed by atoms with Crippen molar-refractivity contribution in [1.29, 1.82) is 0 Å². The Labute approximate surface area is 152 Å². The van der Waals surface area contributed by atoms with E-state index in [4.69, 9.17) is 0 Å². The normalized spacial score (nSPS) is 14.2. The molecule has 0 saturated heterocycles. The zero-order chi connectivity index (χ0) is 19.3. The maximum atomic E-state index is 11.8. The molecular formula is C17H30N2O4S2. The lowest BCUT2D eigenvalue weighted by molar-refractivity contribution is 0.566. The molecule has 144 valence electrons. The molecule has 1 aromatic rings. The van der Waals surface area contributed by atoms with Gasteiger partial charge in [-0.3, -0.25) is 0 Å². The average Bonchev–Trinajstić information content (AvgIpc) is 2.52. The van der Waals surface area contributed by atoms with Gasteiger partial charge in [0.25, 0.3) is 0 Å². The Morgan fingerprint density at radius 1 is 0.880 bits per heavy atom. The monoisotopic (exact) mass is 390 g/mol. The fourth-order valence-electron chi connectivity index (χ4n) is 2.09. The van der Waals surface area contributed by atoms with Gasteiger partial charge in [0.2, 0.25) is 20.0 Å². The average molecular weight is 391 g/mol. The summed E-state index contributed by atoms with van der Waals surface area (Å²) in [6, 6.07) is 7.81. The smallest absolute Gasteiger partial charge is 0.213 e. The standard InChI is InChI=1S/C17H30N2O4S2/c1-13(2)24(20,21)18-10-9-16-7-6-8-17(11-16)15(5)12-19-25(22,23)14(3)4/h6-8,11,13-15,18-19H,9-10,12H2,1-5H3. The van der Waals surface area contributed by atoms with Gasteiger partial charge in [-0.2, -0.15) is 0 Å².